The van der Waals surface area contributed by atoms with E-state index in [0.29, 0.717) is 45.3 Å². The minimum Gasteiger partial charge on any atom is -0.359 e. The monoisotopic (exact) mass is 564 g/mol. The van der Waals surface area contributed by atoms with E-state index in [1.165, 1.54) is 19.8 Å². The first-order valence-corrected chi connectivity index (χ1v) is 14.8. The number of isocyanates is 1. The Morgan fingerprint density at radius 2 is 1.23 bits per heavy atom. The van der Waals surface area contributed by atoms with Gasteiger partial charge >= 0.3 is 17.1 Å². The van der Waals surface area contributed by atoms with Crippen molar-refractivity contribution in [3.8, 4) is 0 Å². The van der Waals surface area contributed by atoms with Crippen molar-refractivity contribution in [2.75, 3.05) is 19.6 Å². The molecule has 0 unspecified atom stereocenters. The Labute approximate surface area is 236 Å². The highest BCUT2D eigenvalue weighted by molar-refractivity contribution is 5.78. The minimum atomic E-state index is -0.573. The Morgan fingerprint density at radius 3 is 1.68 bits per heavy atom. The van der Waals surface area contributed by atoms with Crippen LogP contribution in [0.4, 0.5) is 0 Å². The van der Waals surface area contributed by atoms with Gasteiger partial charge in [0.25, 0.3) is 0 Å². The third kappa shape index (κ3) is 13.2. The van der Waals surface area contributed by atoms with Gasteiger partial charge in [0.05, 0.1) is 6.54 Å². The fraction of sp³-hybridized carbons (Fsp3) is 0.786. The van der Waals surface area contributed by atoms with Crippen LogP contribution in [0.2, 0.25) is 0 Å². The molecule has 1 atom stereocenters. The summed E-state index contributed by atoms with van der Waals surface area (Å²) >= 11 is 0. The number of nitrogens with zero attached hydrogens (tertiary/aromatic N) is 4. The molecule has 1 aromatic heterocycles. The molecule has 0 saturated heterocycles. The summed E-state index contributed by atoms with van der Waals surface area (Å²) in [5.74, 6) is 0.0600. The molecule has 0 bridgehead atoms. The van der Waals surface area contributed by atoms with Crippen LogP contribution < -0.4 is 27.7 Å². The molecule has 0 aromatic carbocycles. The van der Waals surface area contributed by atoms with E-state index in [1.807, 2.05) is 13.8 Å². The fourth-order valence-corrected chi connectivity index (χ4v) is 4.35. The molecule has 226 valence electrons. The quantitative estimate of drug-likeness (QED) is 0.0848. The van der Waals surface area contributed by atoms with Gasteiger partial charge in [-0.3, -0.25) is 9.59 Å². The van der Waals surface area contributed by atoms with Crippen LogP contribution in [0.25, 0.3) is 0 Å². The average molecular weight is 565 g/mol. The van der Waals surface area contributed by atoms with E-state index in [0.717, 1.165) is 64.2 Å². The number of hydrogen-bond acceptors (Lipinski definition) is 7. The Morgan fingerprint density at radius 1 is 0.775 bits per heavy atom. The molecule has 0 saturated carbocycles. The van der Waals surface area contributed by atoms with Gasteiger partial charge in [-0.05, 0) is 44.9 Å². The van der Waals surface area contributed by atoms with Crippen LogP contribution in [0.1, 0.15) is 97.3 Å². The molecule has 1 rings (SSSR count). The van der Waals surface area contributed by atoms with Crippen LogP contribution in [0.5, 0.6) is 0 Å². The van der Waals surface area contributed by atoms with E-state index in [1.54, 1.807) is 0 Å². The highest BCUT2D eigenvalue weighted by atomic mass is 16.2. The Bertz CT molecular complexity index is 1100. The molecule has 0 aliphatic heterocycles. The summed E-state index contributed by atoms with van der Waals surface area (Å²) in [4.78, 5) is 75.3. The minimum absolute atomic E-state index is 0.000764. The number of carbonyl (C=O) groups is 2. The summed E-state index contributed by atoms with van der Waals surface area (Å²) in [7, 11) is 0. The molecule has 12 heteroatoms. The highest BCUT2D eigenvalue weighted by Crippen LogP contribution is 2.04. The summed E-state index contributed by atoms with van der Waals surface area (Å²) < 4.78 is 3.52. The molecule has 2 N–H and O–H groups in total. The maximum Gasteiger partial charge on any atom is 0.336 e. The first-order valence-electron chi connectivity index (χ1n) is 14.8. The van der Waals surface area contributed by atoms with Crippen molar-refractivity contribution in [1.82, 2.24) is 24.3 Å². The second kappa shape index (κ2) is 21.5. The highest BCUT2D eigenvalue weighted by Gasteiger charge is 2.15. The van der Waals surface area contributed by atoms with E-state index in [9.17, 15) is 28.8 Å². The van der Waals surface area contributed by atoms with Crippen molar-refractivity contribution in [2.24, 2.45) is 10.9 Å². The van der Waals surface area contributed by atoms with Crippen molar-refractivity contribution in [3.05, 3.63) is 31.5 Å². The zero-order valence-corrected chi connectivity index (χ0v) is 24.3. The number of amides is 2. The smallest absolute Gasteiger partial charge is 0.336 e. The topological polar surface area (TPSA) is 154 Å². The molecule has 40 heavy (non-hydrogen) atoms. The maximum absolute atomic E-state index is 13.2. The van der Waals surface area contributed by atoms with Crippen LogP contribution in [-0.4, -0.2) is 51.7 Å². The predicted octanol–water partition coefficient (Wildman–Crippen LogP) is 2.10. The Hall–Kier alpha value is -3.27. The van der Waals surface area contributed by atoms with Gasteiger partial charge in [-0.25, -0.2) is 37.9 Å². The Kier molecular flexibility index (Phi) is 18.7. The SMILES string of the molecule is CC[C@@H](C)C(=O)NCCCCCCn1c(=O)n(CCCCCCN=C=O)c(=O)n(CCCCCCNC=O)c1=O. The molecular formula is C28H48N6O6. The molecule has 0 aliphatic rings. The van der Waals surface area contributed by atoms with Crippen molar-refractivity contribution in [1.29, 1.82) is 0 Å². The van der Waals surface area contributed by atoms with Gasteiger partial charge in [-0.1, -0.05) is 52.4 Å². The van der Waals surface area contributed by atoms with Crippen LogP contribution in [0.3, 0.4) is 0 Å². The van der Waals surface area contributed by atoms with Gasteiger partial charge in [-0.2, -0.15) is 0 Å². The summed E-state index contributed by atoms with van der Waals surface area (Å²) in [5.41, 5.74) is -1.71. The van der Waals surface area contributed by atoms with Gasteiger partial charge in [-0.15, -0.1) is 0 Å². The molecule has 1 aromatic rings. The zero-order valence-electron chi connectivity index (χ0n) is 24.3. The van der Waals surface area contributed by atoms with Crippen LogP contribution in [0.15, 0.2) is 19.4 Å². The summed E-state index contributed by atoms with van der Waals surface area (Å²) in [5, 5.41) is 5.55. The molecular weight excluding hydrogens is 516 g/mol. The predicted molar refractivity (Wildman–Crippen MR) is 154 cm³/mol. The standard InChI is InChI=1S/C28H48N6O6/c1-3-24(2)25(37)31-18-12-6-9-15-21-34-27(39)32(19-13-7-4-10-16-29-22-35)26(38)33(28(34)40)20-14-8-5-11-17-30-23-36/h22,24H,3-21H2,1-2H3,(H,29,35)(H,31,37)/t24-/m1/s1. The van der Waals surface area contributed by atoms with E-state index in [2.05, 4.69) is 15.6 Å². The van der Waals surface area contributed by atoms with Crippen molar-refractivity contribution < 1.29 is 14.4 Å². The van der Waals surface area contributed by atoms with E-state index < -0.39 is 17.1 Å². The van der Waals surface area contributed by atoms with E-state index >= 15 is 0 Å². The first kappa shape index (κ1) is 34.8. The number of unbranched alkanes of at least 4 members (excludes halogenated alkanes) is 9. The van der Waals surface area contributed by atoms with Crippen molar-refractivity contribution in [2.45, 2.75) is 117 Å². The third-order valence-electron chi connectivity index (χ3n) is 7.06. The second-order valence-corrected chi connectivity index (χ2v) is 10.2. The van der Waals surface area contributed by atoms with E-state index in [4.69, 9.17) is 0 Å². The number of hydrogen-bond donors (Lipinski definition) is 2. The lowest BCUT2D eigenvalue weighted by Crippen LogP contribution is -2.54. The summed E-state index contributed by atoms with van der Waals surface area (Å²) in [6.07, 6.45) is 12.1. The molecule has 0 aliphatic carbocycles. The molecule has 0 fully saturated rings. The number of carbonyl (C=O) groups excluding carboxylic acids is 3. The largest absolute Gasteiger partial charge is 0.359 e. The van der Waals surface area contributed by atoms with E-state index in [-0.39, 0.29) is 31.5 Å². The molecule has 0 radical (unpaired) electrons. The second-order valence-electron chi connectivity index (χ2n) is 10.2. The van der Waals surface area contributed by atoms with Crippen LogP contribution in [0, 0.1) is 5.92 Å². The molecule has 0 spiro atoms. The number of aliphatic imine (C=N–C) groups is 1. The summed E-state index contributed by atoms with van der Waals surface area (Å²) in [6, 6.07) is 0. The lowest BCUT2D eigenvalue weighted by atomic mass is 10.1. The lowest BCUT2D eigenvalue weighted by molar-refractivity contribution is -0.124. The van der Waals surface area contributed by atoms with Crippen LogP contribution in [-0.2, 0) is 34.0 Å². The zero-order chi connectivity index (χ0) is 29.6. The van der Waals surface area contributed by atoms with Crippen molar-refractivity contribution in [3.63, 3.8) is 0 Å². The number of aromatic nitrogens is 3. The number of nitrogens with one attached hydrogen (secondary N) is 2. The van der Waals surface area contributed by atoms with Gasteiger partial charge in [0.2, 0.25) is 18.4 Å². The average Bonchev–Trinajstić information content (AvgIpc) is 2.95. The normalized spacial score (nSPS) is 11.6. The third-order valence-corrected chi connectivity index (χ3v) is 7.06. The van der Waals surface area contributed by atoms with Gasteiger partial charge in [0.15, 0.2) is 0 Å². The van der Waals surface area contributed by atoms with Gasteiger partial charge in [0, 0.05) is 38.6 Å². The maximum atomic E-state index is 13.2. The van der Waals surface area contributed by atoms with Gasteiger partial charge < -0.3 is 10.6 Å². The Balaban J connectivity index is 2.80. The molecule has 2 amide bonds. The number of rotatable bonds is 24. The molecule has 1 heterocycles. The lowest BCUT2D eigenvalue weighted by Gasteiger charge is -2.14. The van der Waals surface area contributed by atoms with Gasteiger partial charge in [0.1, 0.15) is 0 Å². The fourth-order valence-electron chi connectivity index (χ4n) is 4.35. The first-order chi connectivity index (χ1) is 19.4. The summed E-state index contributed by atoms with van der Waals surface area (Å²) in [6.45, 7) is 6.18. The van der Waals surface area contributed by atoms with Crippen LogP contribution >= 0.6 is 0 Å². The van der Waals surface area contributed by atoms with Crippen molar-refractivity contribution >= 4 is 18.4 Å². The molecule has 12 nitrogen and oxygen atoms in total.